The Morgan fingerprint density at radius 1 is 1.17 bits per heavy atom. The fourth-order valence-electron chi connectivity index (χ4n) is 3.77. The third-order valence-corrected chi connectivity index (χ3v) is 5.35. The average molecular weight is 393 g/mol. The minimum Gasteiger partial charge on any atom is -0.489 e. The molecular formula is C24H27NO4. The number of fused-ring (bicyclic) bond motifs is 1. The van der Waals surface area contributed by atoms with E-state index in [0.29, 0.717) is 17.4 Å². The van der Waals surface area contributed by atoms with Crippen LogP contribution in [0, 0.1) is 0 Å². The molecule has 4 rings (SSSR count). The van der Waals surface area contributed by atoms with Crippen molar-refractivity contribution in [3.05, 3.63) is 65.9 Å². The number of benzene rings is 2. The molecule has 1 N–H and O–H groups in total. The van der Waals surface area contributed by atoms with E-state index < -0.39 is 0 Å². The first kappa shape index (κ1) is 19.5. The van der Waals surface area contributed by atoms with Crippen molar-refractivity contribution in [2.45, 2.75) is 51.4 Å². The lowest BCUT2D eigenvalue weighted by Crippen LogP contribution is -2.33. The van der Waals surface area contributed by atoms with Crippen molar-refractivity contribution < 1.29 is 18.7 Å². The Morgan fingerprint density at radius 3 is 2.76 bits per heavy atom. The number of hydrogen-bond donors (Lipinski definition) is 1. The zero-order chi connectivity index (χ0) is 20.1. The summed E-state index contributed by atoms with van der Waals surface area (Å²) in [5.74, 6) is 0.882. The predicted molar refractivity (Wildman–Crippen MR) is 112 cm³/mol. The molecule has 152 valence electrons. The summed E-state index contributed by atoms with van der Waals surface area (Å²) in [5.41, 5.74) is 1.46. The van der Waals surface area contributed by atoms with Gasteiger partial charge in [0.2, 0.25) is 0 Å². The van der Waals surface area contributed by atoms with Gasteiger partial charge in [0.25, 0.3) is 5.91 Å². The van der Waals surface area contributed by atoms with E-state index in [2.05, 4.69) is 5.32 Å². The third kappa shape index (κ3) is 4.80. The number of ether oxygens (including phenoxy) is 2. The third-order valence-electron chi connectivity index (χ3n) is 5.35. The predicted octanol–water partition coefficient (Wildman–Crippen LogP) is 5.09. The Kier molecular flexibility index (Phi) is 6.15. The van der Waals surface area contributed by atoms with Gasteiger partial charge < -0.3 is 19.2 Å². The molecule has 0 saturated carbocycles. The maximum Gasteiger partial charge on any atom is 0.287 e. The average Bonchev–Trinajstić information content (AvgIpc) is 3.39. The highest BCUT2D eigenvalue weighted by atomic mass is 16.5. The molecule has 0 bridgehead atoms. The zero-order valence-electron chi connectivity index (χ0n) is 16.7. The van der Waals surface area contributed by atoms with Gasteiger partial charge in [0, 0.05) is 23.6 Å². The summed E-state index contributed by atoms with van der Waals surface area (Å²) < 4.78 is 17.5. The molecule has 2 aromatic carbocycles. The number of carbonyl (C=O) groups excluding carboxylic acids is 1. The van der Waals surface area contributed by atoms with Crippen LogP contribution in [0.15, 0.2) is 59.0 Å². The van der Waals surface area contributed by atoms with Crippen molar-refractivity contribution in [3.8, 4) is 5.75 Å². The van der Waals surface area contributed by atoms with E-state index in [1.54, 1.807) is 0 Å². The molecule has 2 atom stereocenters. The summed E-state index contributed by atoms with van der Waals surface area (Å²) in [6.45, 7) is 3.15. The fraction of sp³-hybridized carbons (Fsp3) is 0.375. The van der Waals surface area contributed by atoms with Gasteiger partial charge in [0.05, 0.1) is 6.10 Å². The molecule has 0 spiro atoms. The van der Waals surface area contributed by atoms with Gasteiger partial charge in [-0.1, -0.05) is 36.4 Å². The maximum atomic E-state index is 13.0. The molecule has 5 heteroatoms. The van der Waals surface area contributed by atoms with Gasteiger partial charge in [-0.05, 0) is 50.8 Å². The van der Waals surface area contributed by atoms with Gasteiger partial charge in [-0.25, -0.2) is 0 Å². The van der Waals surface area contributed by atoms with Crippen LogP contribution in [0.1, 0.15) is 48.7 Å². The van der Waals surface area contributed by atoms with Gasteiger partial charge in [0.1, 0.15) is 17.9 Å². The van der Waals surface area contributed by atoms with Crippen LogP contribution in [0.4, 0.5) is 0 Å². The standard InChI is InChI=1S/C24H27NO4/c1-17(13-14-19-10-7-15-27-19)25-24(26)23-21(16-28-18-8-3-2-4-9-18)20-11-5-6-12-22(20)29-23/h2-6,8-9,11-12,17,19H,7,10,13-16H2,1H3,(H,25,26). The summed E-state index contributed by atoms with van der Waals surface area (Å²) in [4.78, 5) is 13.0. The van der Waals surface area contributed by atoms with Gasteiger partial charge >= 0.3 is 0 Å². The highest BCUT2D eigenvalue weighted by Crippen LogP contribution is 2.27. The Hall–Kier alpha value is -2.79. The normalized spacial score (nSPS) is 17.3. The van der Waals surface area contributed by atoms with Gasteiger partial charge in [-0.15, -0.1) is 0 Å². The van der Waals surface area contributed by atoms with Crippen LogP contribution in [-0.2, 0) is 11.3 Å². The summed E-state index contributed by atoms with van der Waals surface area (Å²) in [6, 6.07) is 17.3. The first-order chi connectivity index (χ1) is 14.2. The number of hydrogen-bond acceptors (Lipinski definition) is 4. The van der Waals surface area contributed by atoms with E-state index in [1.165, 1.54) is 0 Å². The van der Waals surface area contributed by atoms with Crippen LogP contribution < -0.4 is 10.1 Å². The van der Waals surface area contributed by atoms with Gasteiger partial charge in [-0.3, -0.25) is 4.79 Å². The van der Waals surface area contributed by atoms with Crippen LogP contribution in [0.5, 0.6) is 5.75 Å². The van der Waals surface area contributed by atoms with Crippen molar-refractivity contribution in [1.82, 2.24) is 5.32 Å². The summed E-state index contributed by atoms with van der Waals surface area (Å²) >= 11 is 0. The fourth-order valence-corrected chi connectivity index (χ4v) is 3.77. The molecule has 1 aliphatic heterocycles. The van der Waals surface area contributed by atoms with Gasteiger partial charge in [0.15, 0.2) is 5.76 Å². The highest BCUT2D eigenvalue weighted by molar-refractivity contribution is 5.99. The Bertz CT molecular complexity index is 944. The lowest BCUT2D eigenvalue weighted by atomic mass is 10.1. The molecular weight excluding hydrogens is 366 g/mol. The Morgan fingerprint density at radius 2 is 1.97 bits per heavy atom. The lowest BCUT2D eigenvalue weighted by molar-refractivity contribution is 0.0876. The molecule has 0 aliphatic carbocycles. The van der Waals surface area contributed by atoms with Crippen LogP contribution in [0.3, 0.4) is 0 Å². The second-order valence-electron chi connectivity index (χ2n) is 7.59. The molecule has 2 heterocycles. The number of para-hydroxylation sites is 2. The molecule has 3 aromatic rings. The SMILES string of the molecule is CC(CCC1CCCO1)NC(=O)c1oc2ccccc2c1COc1ccccc1. The Balaban J connectivity index is 1.47. The van der Waals surface area contributed by atoms with Crippen LogP contribution in [0.2, 0.25) is 0 Å². The molecule has 5 nitrogen and oxygen atoms in total. The first-order valence-electron chi connectivity index (χ1n) is 10.3. The lowest BCUT2D eigenvalue weighted by Gasteiger charge is -2.16. The van der Waals surface area contributed by atoms with Crippen LogP contribution in [0.25, 0.3) is 11.0 Å². The molecule has 1 aliphatic rings. The van der Waals surface area contributed by atoms with Crippen molar-refractivity contribution >= 4 is 16.9 Å². The zero-order valence-corrected chi connectivity index (χ0v) is 16.7. The van der Waals surface area contributed by atoms with Crippen LogP contribution >= 0.6 is 0 Å². The first-order valence-corrected chi connectivity index (χ1v) is 10.3. The minimum atomic E-state index is -0.201. The second kappa shape index (κ2) is 9.14. The van der Waals surface area contributed by atoms with Crippen LogP contribution in [-0.4, -0.2) is 24.7 Å². The summed E-state index contributed by atoms with van der Waals surface area (Å²) in [6.07, 6.45) is 4.42. The van der Waals surface area contributed by atoms with Crippen molar-refractivity contribution in [2.75, 3.05) is 6.61 Å². The van der Waals surface area contributed by atoms with E-state index in [-0.39, 0.29) is 18.6 Å². The number of nitrogens with one attached hydrogen (secondary N) is 1. The number of amides is 1. The van der Waals surface area contributed by atoms with E-state index >= 15 is 0 Å². The molecule has 1 aromatic heterocycles. The summed E-state index contributed by atoms with van der Waals surface area (Å²) in [7, 11) is 0. The van der Waals surface area contributed by atoms with Crippen molar-refractivity contribution in [3.63, 3.8) is 0 Å². The van der Waals surface area contributed by atoms with E-state index in [1.807, 2.05) is 61.5 Å². The van der Waals surface area contributed by atoms with E-state index in [0.717, 1.165) is 49.0 Å². The van der Waals surface area contributed by atoms with Gasteiger partial charge in [-0.2, -0.15) is 0 Å². The second-order valence-corrected chi connectivity index (χ2v) is 7.59. The quantitative estimate of drug-likeness (QED) is 0.579. The van der Waals surface area contributed by atoms with Crippen molar-refractivity contribution in [2.24, 2.45) is 0 Å². The largest absolute Gasteiger partial charge is 0.489 e. The number of furan rings is 1. The Labute approximate surface area is 171 Å². The number of rotatable bonds is 8. The molecule has 1 fully saturated rings. The molecule has 0 radical (unpaired) electrons. The van der Waals surface area contributed by atoms with E-state index in [4.69, 9.17) is 13.9 Å². The minimum absolute atomic E-state index is 0.0443. The van der Waals surface area contributed by atoms with E-state index in [9.17, 15) is 4.79 Å². The maximum absolute atomic E-state index is 13.0. The summed E-state index contributed by atoms with van der Waals surface area (Å²) in [5, 5.41) is 3.98. The molecule has 1 saturated heterocycles. The smallest absolute Gasteiger partial charge is 0.287 e. The van der Waals surface area contributed by atoms with Crippen molar-refractivity contribution in [1.29, 1.82) is 0 Å². The monoisotopic (exact) mass is 393 g/mol. The highest BCUT2D eigenvalue weighted by Gasteiger charge is 2.23. The topological polar surface area (TPSA) is 60.7 Å². The molecule has 29 heavy (non-hydrogen) atoms. The molecule has 1 amide bonds. The molecule has 2 unspecified atom stereocenters. The number of carbonyl (C=O) groups is 1.